The molecule has 0 aliphatic heterocycles. The number of nitrogens with zero attached hydrogens (tertiary/aromatic N) is 1. The lowest BCUT2D eigenvalue weighted by atomic mass is 10.0. The quantitative estimate of drug-likeness (QED) is 0.0212. The molecule has 0 aromatic rings. The van der Waals surface area contributed by atoms with Crippen molar-refractivity contribution in [1.29, 1.82) is 0 Å². The first-order chi connectivity index (χ1) is 43.4. The average Bonchev–Trinajstić information content (AvgIpc) is 3.62. The molecule has 1 N–H and O–H groups in total. The summed E-state index contributed by atoms with van der Waals surface area (Å²) >= 11 is 0. The Labute approximate surface area is 553 Å². The number of carbonyl (C=O) groups is 2. The van der Waals surface area contributed by atoms with Crippen LogP contribution >= 0.6 is 7.82 Å². The number of nitrogens with one attached hydrogen (secondary N) is 1. The van der Waals surface area contributed by atoms with Gasteiger partial charge in [-0.3, -0.25) is 14.2 Å². The first kappa shape index (κ1) is 86.7. The highest BCUT2D eigenvalue weighted by molar-refractivity contribution is 7.45. The highest BCUT2D eigenvalue weighted by Gasteiger charge is 2.27. The van der Waals surface area contributed by atoms with E-state index in [1.165, 1.54) is 257 Å². The molecule has 0 aliphatic rings. The molecule has 522 valence electrons. The molecule has 0 rings (SSSR count). The van der Waals surface area contributed by atoms with Gasteiger partial charge >= 0.3 is 5.97 Å². The van der Waals surface area contributed by atoms with Crippen molar-refractivity contribution in [3.05, 3.63) is 60.8 Å². The van der Waals surface area contributed by atoms with Gasteiger partial charge in [0, 0.05) is 12.8 Å². The highest BCUT2D eigenvalue weighted by atomic mass is 31.2. The number of amides is 1. The summed E-state index contributed by atoms with van der Waals surface area (Å²) in [7, 11) is 1.19. The average molecular weight is 1270 g/mol. The van der Waals surface area contributed by atoms with Crippen LogP contribution in [0.3, 0.4) is 0 Å². The van der Waals surface area contributed by atoms with Gasteiger partial charge < -0.3 is 28.5 Å². The fourth-order valence-electron chi connectivity index (χ4n) is 11.5. The van der Waals surface area contributed by atoms with Crippen LogP contribution < -0.4 is 10.2 Å². The van der Waals surface area contributed by atoms with Crippen molar-refractivity contribution in [3.8, 4) is 0 Å². The minimum Gasteiger partial charge on any atom is -0.756 e. The van der Waals surface area contributed by atoms with Gasteiger partial charge in [-0.1, -0.05) is 352 Å². The molecule has 0 saturated carbocycles. The lowest BCUT2D eigenvalue weighted by Crippen LogP contribution is -2.47. The van der Waals surface area contributed by atoms with E-state index in [4.69, 9.17) is 13.8 Å². The summed E-state index contributed by atoms with van der Waals surface area (Å²) in [6.45, 7) is 6.86. The Hall–Kier alpha value is -2.29. The van der Waals surface area contributed by atoms with E-state index in [1.54, 1.807) is 0 Å². The van der Waals surface area contributed by atoms with Crippen LogP contribution in [0, 0.1) is 0 Å². The fraction of sp³-hybridized carbons (Fsp3) is 0.848. The molecule has 0 bridgehead atoms. The minimum atomic E-state index is -4.71. The molecule has 0 radical (unpaired) electrons. The Balaban J connectivity index is 4.91. The van der Waals surface area contributed by atoms with Gasteiger partial charge in [-0.25, -0.2) is 0 Å². The molecule has 0 heterocycles. The molecular weight excluding hydrogens is 1120 g/mol. The van der Waals surface area contributed by atoms with Crippen LogP contribution in [-0.4, -0.2) is 69.4 Å². The monoisotopic (exact) mass is 1270 g/mol. The number of allylic oxidation sites excluding steroid dienone is 9. The number of unbranched alkanes of at least 4 members (excludes halogenated alkanes) is 47. The summed E-state index contributed by atoms with van der Waals surface area (Å²) < 4.78 is 30.5. The normalized spacial score (nSPS) is 13.7. The maximum Gasteiger partial charge on any atom is 0.306 e. The molecule has 0 spiro atoms. The van der Waals surface area contributed by atoms with Crippen molar-refractivity contribution < 1.29 is 37.3 Å². The van der Waals surface area contributed by atoms with Crippen molar-refractivity contribution in [1.82, 2.24) is 5.32 Å². The maximum absolute atomic E-state index is 13.6. The van der Waals surface area contributed by atoms with E-state index in [0.29, 0.717) is 17.4 Å². The van der Waals surface area contributed by atoms with Gasteiger partial charge in [0.1, 0.15) is 19.3 Å². The van der Waals surface area contributed by atoms with E-state index in [0.717, 1.165) is 89.9 Å². The number of phosphoric ester groups is 1. The topological polar surface area (TPSA) is 114 Å². The lowest BCUT2D eigenvalue weighted by Gasteiger charge is -2.30. The molecule has 3 unspecified atom stereocenters. The zero-order valence-corrected chi connectivity index (χ0v) is 60.8. The number of hydrogen-bond donors (Lipinski definition) is 1. The second kappa shape index (κ2) is 68.6. The van der Waals surface area contributed by atoms with Crippen molar-refractivity contribution in [3.63, 3.8) is 0 Å². The molecule has 0 aromatic heterocycles. The maximum atomic E-state index is 13.6. The summed E-state index contributed by atoms with van der Waals surface area (Å²) in [6, 6.07) is -0.892. The standard InChI is InChI=1S/C79H149N2O7P/c1-7-10-13-16-19-22-25-27-29-31-33-35-37-39-40-42-44-46-48-50-52-54-57-60-63-66-69-72-79(83)88-77(70-67-64-61-58-55-24-21-18-15-12-9-3)76(75-87-89(84,85)86-74-73-81(4,5)6)80-78(82)71-68-65-62-59-56-53-51-49-47-45-43-41-38-36-34-32-30-28-26-23-20-17-14-11-8-2/h20,23,28,30,34,36,41,43,67,70,76-77H,7-19,21-22,24-27,29,31-33,35,37-40,42,44-66,68-69,71-75H2,1-6H3,(H-,80,82,84,85)/b23-20-,30-28-,36-34-,43-41-,70-67+. The highest BCUT2D eigenvalue weighted by Crippen LogP contribution is 2.38. The summed E-state index contributed by atoms with van der Waals surface area (Å²) in [6.07, 6.45) is 89.4. The molecule has 0 fully saturated rings. The van der Waals surface area contributed by atoms with Gasteiger partial charge in [-0.15, -0.1) is 0 Å². The molecule has 3 atom stereocenters. The van der Waals surface area contributed by atoms with Gasteiger partial charge in [0.25, 0.3) is 7.82 Å². The Kier molecular flexibility index (Phi) is 66.8. The first-order valence-electron chi connectivity index (χ1n) is 38.6. The molecule has 10 heteroatoms. The third kappa shape index (κ3) is 69.9. The number of quaternary nitrogens is 1. The molecule has 9 nitrogen and oxygen atoms in total. The van der Waals surface area contributed by atoms with E-state index < -0.39 is 20.0 Å². The number of esters is 1. The van der Waals surface area contributed by atoms with Crippen molar-refractivity contribution in [2.75, 3.05) is 40.9 Å². The molecule has 89 heavy (non-hydrogen) atoms. The van der Waals surface area contributed by atoms with Crippen LogP contribution in [0.2, 0.25) is 0 Å². The van der Waals surface area contributed by atoms with Crippen molar-refractivity contribution in [2.24, 2.45) is 0 Å². The number of carbonyl (C=O) groups excluding carboxylic acids is 2. The van der Waals surface area contributed by atoms with Crippen LogP contribution in [0.4, 0.5) is 0 Å². The molecular formula is C79H149N2O7P. The smallest absolute Gasteiger partial charge is 0.306 e. The van der Waals surface area contributed by atoms with Crippen LogP contribution in [0.15, 0.2) is 60.8 Å². The molecule has 0 saturated heterocycles. The predicted molar refractivity (Wildman–Crippen MR) is 385 cm³/mol. The van der Waals surface area contributed by atoms with E-state index in [1.807, 2.05) is 33.3 Å². The Morgan fingerprint density at radius 3 is 1.04 bits per heavy atom. The second-order valence-corrected chi connectivity index (χ2v) is 28.9. The van der Waals surface area contributed by atoms with Crippen LogP contribution in [-0.2, 0) is 27.9 Å². The van der Waals surface area contributed by atoms with E-state index in [9.17, 15) is 19.0 Å². The Bertz CT molecular complexity index is 1700. The van der Waals surface area contributed by atoms with Gasteiger partial charge in [0.2, 0.25) is 5.91 Å². The van der Waals surface area contributed by atoms with Crippen LogP contribution in [0.1, 0.15) is 380 Å². The third-order valence-electron chi connectivity index (χ3n) is 17.5. The van der Waals surface area contributed by atoms with Gasteiger partial charge in [0.15, 0.2) is 0 Å². The zero-order valence-electron chi connectivity index (χ0n) is 59.9. The van der Waals surface area contributed by atoms with E-state index in [2.05, 4.69) is 74.7 Å². The number of ether oxygens (including phenoxy) is 1. The fourth-order valence-corrected chi connectivity index (χ4v) is 12.2. The summed E-state index contributed by atoms with van der Waals surface area (Å²) in [5.41, 5.74) is 0. The summed E-state index contributed by atoms with van der Waals surface area (Å²) in [4.78, 5) is 40.3. The third-order valence-corrected chi connectivity index (χ3v) is 18.4. The number of phosphoric acid groups is 1. The zero-order chi connectivity index (χ0) is 64.9. The first-order valence-corrected chi connectivity index (χ1v) is 40.1. The molecule has 0 aromatic carbocycles. The SMILES string of the molecule is CCCCC/C=C\C/C=C\C/C=C\C/C=C\CCCCCCCCCCCC(=O)NC(COP(=O)([O-])OCC[N+](C)(C)C)C(/C=C/CCCCCCCCCCC)OC(=O)CCCCCCCCCCCCCCCCCCCCCCCCCCCCC. The largest absolute Gasteiger partial charge is 0.756 e. The van der Waals surface area contributed by atoms with E-state index in [-0.39, 0.29) is 31.5 Å². The Morgan fingerprint density at radius 2 is 0.685 bits per heavy atom. The summed E-state index contributed by atoms with van der Waals surface area (Å²) in [5, 5.41) is 3.05. The summed E-state index contributed by atoms with van der Waals surface area (Å²) in [5.74, 6) is -0.532. The number of hydrogen-bond acceptors (Lipinski definition) is 7. The number of likely N-dealkylation sites (N-methyl/N-ethyl adjacent to an activating group) is 1. The van der Waals surface area contributed by atoms with Gasteiger partial charge in [0.05, 0.1) is 33.8 Å². The molecule has 0 aliphatic carbocycles. The van der Waals surface area contributed by atoms with Crippen LogP contribution in [0.5, 0.6) is 0 Å². The Morgan fingerprint density at radius 1 is 0.393 bits per heavy atom. The van der Waals surface area contributed by atoms with Gasteiger partial charge in [-0.05, 0) is 76.7 Å². The predicted octanol–water partition coefficient (Wildman–Crippen LogP) is 24.3. The second-order valence-electron chi connectivity index (χ2n) is 27.5. The van der Waals surface area contributed by atoms with Crippen LogP contribution in [0.25, 0.3) is 0 Å². The minimum absolute atomic E-state index is 0.0230. The van der Waals surface area contributed by atoms with E-state index >= 15 is 0 Å². The number of rotatable bonds is 71. The van der Waals surface area contributed by atoms with Crippen molar-refractivity contribution >= 4 is 19.7 Å². The lowest BCUT2D eigenvalue weighted by molar-refractivity contribution is -0.870. The molecule has 1 amide bonds. The van der Waals surface area contributed by atoms with Crippen molar-refractivity contribution in [2.45, 2.75) is 392 Å². The van der Waals surface area contributed by atoms with Gasteiger partial charge in [-0.2, -0.15) is 0 Å².